The minimum absolute atomic E-state index is 0.0871. The number of aromatic amines is 1. The summed E-state index contributed by atoms with van der Waals surface area (Å²) < 4.78 is 0. The van der Waals surface area contributed by atoms with Crippen LogP contribution in [0, 0.1) is 0 Å². The Kier molecular flexibility index (Phi) is 5.38. The van der Waals surface area contributed by atoms with E-state index in [0.717, 1.165) is 25.1 Å². The second kappa shape index (κ2) is 6.57. The molecule has 0 atom stereocenters. The molecule has 1 heterocycles. The molecule has 96 valence electrons. The molecule has 0 unspecified atom stereocenters. The van der Waals surface area contributed by atoms with E-state index in [1.54, 1.807) is 18.5 Å². The van der Waals surface area contributed by atoms with Gasteiger partial charge in [0.1, 0.15) is 0 Å². The Bertz CT molecular complexity index is 379. The quantitative estimate of drug-likeness (QED) is 0.653. The summed E-state index contributed by atoms with van der Waals surface area (Å²) in [6.07, 6.45) is 4.46. The summed E-state index contributed by atoms with van der Waals surface area (Å²) in [6.45, 7) is 9.00. The van der Waals surface area contributed by atoms with Crippen molar-refractivity contribution in [3.05, 3.63) is 34.2 Å². The lowest BCUT2D eigenvalue weighted by molar-refractivity contribution is 0.418. The zero-order valence-corrected chi connectivity index (χ0v) is 11.0. The summed E-state index contributed by atoms with van der Waals surface area (Å²) in [6, 6.07) is 1.55. The van der Waals surface area contributed by atoms with E-state index in [1.807, 2.05) is 0 Å². The average Bonchev–Trinajstić information content (AvgIpc) is 2.24. The van der Waals surface area contributed by atoms with Crippen LogP contribution in [0.15, 0.2) is 23.3 Å². The van der Waals surface area contributed by atoms with Gasteiger partial charge in [-0.2, -0.15) is 0 Å². The molecule has 1 aromatic rings. The van der Waals surface area contributed by atoms with E-state index in [1.165, 1.54) is 0 Å². The Morgan fingerprint density at radius 1 is 1.29 bits per heavy atom. The molecule has 0 bridgehead atoms. The van der Waals surface area contributed by atoms with Crippen molar-refractivity contribution >= 4 is 0 Å². The topological polar surface area (TPSA) is 56.9 Å². The van der Waals surface area contributed by atoms with E-state index in [0.29, 0.717) is 6.54 Å². The maximum atomic E-state index is 11.4. The lowest BCUT2D eigenvalue weighted by atomic mass is 10.1. The van der Waals surface area contributed by atoms with Crippen LogP contribution >= 0.6 is 0 Å². The van der Waals surface area contributed by atoms with Crippen molar-refractivity contribution in [2.24, 2.45) is 0 Å². The number of rotatable bonds is 6. The standard InChI is InChI=1S/C13H23N3O/c1-13(2,3)16-7-4-6-14-9-11-10-15-8-5-12(11)17/h5,8,10,14,16H,4,6-7,9H2,1-3H3,(H,15,17). The first-order valence-corrected chi connectivity index (χ1v) is 6.11. The molecule has 0 saturated carbocycles. The minimum atomic E-state index is 0.0871. The lowest BCUT2D eigenvalue weighted by Gasteiger charge is -2.20. The summed E-state index contributed by atoms with van der Waals surface area (Å²) in [4.78, 5) is 14.3. The maximum absolute atomic E-state index is 11.4. The summed E-state index contributed by atoms with van der Waals surface area (Å²) in [5.41, 5.74) is 1.05. The monoisotopic (exact) mass is 237 g/mol. The van der Waals surface area contributed by atoms with Crippen molar-refractivity contribution in [3.8, 4) is 0 Å². The van der Waals surface area contributed by atoms with Crippen LogP contribution in [0.25, 0.3) is 0 Å². The molecule has 0 aliphatic rings. The van der Waals surface area contributed by atoms with Gasteiger partial charge < -0.3 is 15.6 Å². The van der Waals surface area contributed by atoms with Gasteiger partial charge in [-0.15, -0.1) is 0 Å². The molecule has 3 N–H and O–H groups in total. The Morgan fingerprint density at radius 3 is 2.71 bits per heavy atom. The third-order valence-corrected chi connectivity index (χ3v) is 2.41. The van der Waals surface area contributed by atoms with Crippen LogP contribution in [-0.2, 0) is 6.54 Å². The highest BCUT2D eigenvalue weighted by Gasteiger charge is 2.06. The van der Waals surface area contributed by atoms with Gasteiger partial charge in [0.05, 0.1) is 0 Å². The first-order valence-electron chi connectivity index (χ1n) is 6.11. The summed E-state index contributed by atoms with van der Waals surface area (Å²) in [5.74, 6) is 0. The molecule has 0 aromatic carbocycles. The highest BCUT2D eigenvalue weighted by molar-refractivity contribution is 5.08. The van der Waals surface area contributed by atoms with Crippen LogP contribution in [0.1, 0.15) is 32.8 Å². The van der Waals surface area contributed by atoms with E-state index in [-0.39, 0.29) is 11.0 Å². The molecule has 4 nitrogen and oxygen atoms in total. The number of aromatic nitrogens is 1. The van der Waals surface area contributed by atoms with Gasteiger partial charge in [0, 0.05) is 36.1 Å². The largest absolute Gasteiger partial charge is 0.367 e. The number of H-pyrrole nitrogens is 1. The van der Waals surface area contributed by atoms with E-state index in [9.17, 15) is 4.79 Å². The van der Waals surface area contributed by atoms with Gasteiger partial charge in [-0.3, -0.25) is 4.79 Å². The number of pyridine rings is 1. The van der Waals surface area contributed by atoms with Crippen molar-refractivity contribution < 1.29 is 0 Å². The van der Waals surface area contributed by atoms with Crippen molar-refractivity contribution in [2.75, 3.05) is 13.1 Å². The van der Waals surface area contributed by atoms with E-state index in [4.69, 9.17) is 0 Å². The zero-order chi connectivity index (χ0) is 12.7. The second-order valence-corrected chi connectivity index (χ2v) is 5.24. The number of nitrogens with one attached hydrogen (secondary N) is 3. The zero-order valence-electron chi connectivity index (χ0n) is 11.0. The molecule has 1 aromatic heterocycles. The molecule has 4 heteroatoms. The third kappa shape index (κ3) is 6.24. The van der Waals surface area contributed by atoms with Crippen LogP contribution in [0.4, 0.5) is 0 Å². The molecule has 0 saturated heterocycles. The maximum Gasteiger partial charge on any atom is 0.186 e. The Labute approximate surface area is 103 Å². The second-order valence-electron chi connectivity index (χ2n) is 5.24. The van der Waals surface area contributed by atoms with Gasteiger partial charge in [0.15, 0.2) is 5.43 Å². The molecule has 0 radical (unpaired) electrons. The SMILES string of the molecule is CC(C)(C)NCCCNCc1c[nH]ccc1=O. The van der Waals surface area contributed by atoms with Crippen molar-refractivity contribution in [1.29, 1.82) is 0 Å². The molecule has 0 spiro atoms. The Hall–Kier alpha value is -1.13. The first kappa shape index (κ1) is 13.9. The van der Waals surface area contributed by atoms with Gasteiger partial charge >= 0.3 is 0 Å². The van der Waals surface area contributed by atoms with Gasteiger partial charge in [0.2, 0.25) is 0 Å². The summed E-state index contributed by atoms with van der Waals surface area (Å²) in [5, 5.41) is 6.69. The van der Waals surface area contributed by atoms with Crippen LogP contribution in [-0.4, -0.2) is 23.6 Å². The first-order chi connectivity index (χ1) is 7.99. The van der Waals surface area contributed by atoms with E-state index in [2.05, 4.69) is 36.4 Å². The van der Waals surface area contributed by atoms with Gasteiger partial charge in [-0.1, -0.05) is 0 Å². The fourth-order valence-electron chi connectivity index (χ4n) is 1.49. The Morgan fingerprint density at radius 2 is 2.06 bits per heavy atom. The Balaban J connectivity index is 2.13. The molecule has 17 heavy (non-hydrogen) atoms. The smallest absolute Gasteiger partial charge is 0.186 e. The highest BCUT2D eigenvalue weighted by Crippen LogP contribution is 1.97. The summed E-state index contributed by atoms with van der Waals surface area (Å²) >= 11 is 0. The highest BCUT2D eigenvalue weighted by atomic mass is 16.1. The molecular weight excluding hydrogens is 214 g/mol. The third-order valence-electron chi connectivity index (χ3n) is 2.41. The molecule has 1 rings (SSSR count). The van der Waals surface area contributed by atoms with Crippen molar-refractivity contribution in [3.63, 3.8) is 0 Å². The predicted molar refractivity (Wildman–Crippen MR) is 71.1 cm³/mol. The van der Waals surface area contributed by atoms with Crippen molar-refractivity contribution in [2.45, 2.75) is 39.3 Å². The molecule has 0 fully saturated rings. The van der Waals surface area contributed by atoms with Crippen LogP contribution in [0.3, 0.4) is 0 Å². The normalized spacial score (nSPS) is 11.7. The van der Waals surface area contributed by atoms with Crippen LogP contribution < -0.4 is 16.1 Å². The fraction of sp³-hybridized carbons (Fsp3) is 0.615. The average molecular weight is 237 g/mol. The van der Waals surface area contributed by atoms with Gasteiger partial charge in [-0.05, 0) is 40.3 Å². The van der Waals surface area contributed by atoms with Crippen molar-refractivity contribution in [1.82, 2.24) is 15.6 Å². The van der Waals surface area contributed by atoms with Crippen LogP contribution in [0.2, 0.25) is 0 Å². The van der Waals surface area contributed by atoms with E-state index < -0.39 is 0 Å². The predicted octanol–water partition coefficient (Wildman–Crippen LogP) is 1.24. The van der Waals surface area contributed by atoms with E-state index >= 15 is 0 Å². The van der Waals surface area contributed by atoms with Crippen LogP contribution in [0.5, 0.6) is 0 Å². The lowest BCUT2D eigenvalue weighted by Crippen LogP contribution is -2.37. The number of hydrogen-bond acceptors (Lipinski definition) is 3. The number of hydrogen-bond donors (Lipinski definition) is 3. The molecule has 0 aliphatic heterocycles. The molecule has 0 aliphatic carbocycles. The summed E-state index contributed by atoms with van der Waals surface area (Å²) in [7, 11) is 0. The van der Waals surface area contributed by atoms with Gasteiger partial charge in [-0.25, -0.2) is 0 Å². The molecule has 0 amide bonds. The fourth-order valence-corrected chi connectivity index (χ4v) is 1.49. The van der Waals surface area contributed by atoms with Gasteiger partial charge in [0.25, 0.3) is 0 Å². The minimum Gasteiger partial charge on any atom is -0.367 e. The molecular formula is C13H23N3O.